The maximum Gasteiger partial charge on any atom is 0.0364 e. The standard InChI is InChI=1S/C14H24N2/c1-6-12-7-9-13(10-8-12)16(5)11-14(2,3)15-4/h7-10,15H,6,11H2,1-5H3. The highest BCUT2D eigenvalue weighted by Gasteiger charge is 2.17. The van der Waals surface area contributed by atoms with Crippen LogP contribution in [-0.2, 0) is 6.42 Å². The zero-order chi connectivity index (χ0) is 12.2. The Hall–Kier alpha value is -1.02. The molecule has 2 heteroatoms. The smallest absolute Gasteiger partial charge is 0.0364 e. The lowest BCUT2D eigenvalue weighted by Crippen LogP contribution is -2.46. The number of benzene rings is 1. The first kappa shape index (κ1) is 13.0. The molecule has 1 aromatic carbocycles. The van der Waals surface area contributed by atoms with Gasteiger partial charge in [-0.25, -0.2) is 0 Å². The topological polar surface area (TPSA) is 15.3 Å². The predicted molar refractivity (Wildman–Crippen MR) is 72.2 cm³/mol. The van der Waals surface area contributed by atoms with Crippen LogP contribution in [0.4, 0.5) is 5.69 Å². The Morgan fingerprint density at radius 3 is 2.19 bits per heavy atom. The Balaban J connectivity index is 2.69. The van der Waals surface area contributed by atoms with E-state index in [-0.39, 0.29) is 5.54 Å². The molecule has 90 valence electrons. The van der Waals surface area contributed by atoms with Crippen LogP contribution in [0.5, 0.6) is 0 Å². The summed E-state index contributed by atoms with van der Waals surface area (Å²) in [5.41, 5.74) is 2.81. The molecular weight excluding hydrogens is 196 g/mol. The monoisotopic (exact) mass is 220 g/mol. The Morgan fingerprint density at radius 1 is 1.19 bits per heavy atom. The second-order valence-corrected chi connectivity index (χ2v) is 5.01. The molecule has 0 saturated heterocycles. The minimum Gasteiger partial charge on any atom is -0.373 e. The van der Waals surface area contributed by atoms with E-state index >= 15 is 0 Å². The molecule has 0 radical (unpaired) electrons. The third kappa shape index (κ3) is 3.53. The van der Waals surface area contributed by atoms with Crippen LogP contribution < -0.4 is 10.2 Å². The highest BCUT2D eigenvalue weighted by Crippen LogP contribution is 2.16. The van der Waals surface area contributed by atoms with Gasteiger partial charge in [-0.15, -0.1) is 0 Å². The summed E-state index contributed by atoms with van der Waals surface area (Å²) in [4.78, 5) is 2.29. The quantitative estimate of drug-likeness (QED) is 0.820. The van der Waals surface area contributed by atoms with Gasteiger partial charge in [0, 0.05) is 24.8 Å². The highest BCUT2D eigenvalue weighted by molar-refractivity contribution is 5.47. The number of nitrogens with zero attached hydrogens (tertiary/aromatic N) is 1. The van der Waals surface area contributed by atoms with Crippen LogP contribution in [0.1, 0.15) is 26.3 Å². The van der Waals surface area contributed by atoms with Crippen LogP contribution in [0.2, 0.25) is 0 Å². The Morgan fingerprint density at radius 2 is 1.75 bits per heavy atom. The minimum atomic E-state index is 0.137. The summed E-state index contributed by atoms with van der Waals surface area (Å²) in [6, 6.07) is 8.81. The normalized spacial score (nSPS) is 11.6. The second-order valence-electron chi connectivity index (χ2n) is 5.01. The number of aryl methyl sites for hydroxylation is 1. The van der Waals surface area contributed by atoms with E-state index in [9.17, 15) is 0 Å². The van der Waals surface area contributed by atoms with E-state index in [1.165, 1.54) is 11.3 Å². The van der Waals surface area contributed by atoms with Gasteiger partial charge in [0.25, 0.3) is 0 Å². The van der Waals surface area contributed by atoms with Gasteiger partial charge in [-0.3, -0.25) is 0 Å². The first-order chi connectivity index (χ1) is 7.48. The maximum atomic E-state index is 3.32. The van der Waals surface area contributed by atoms with Gasteiger partial charge in [0.1, 0.15) is 0 Å². The van der Waals surface area contributed by atoms with E-state index < -0.39 is 0 Å². The third-order valence-electron chi connectivity index (χ3n) is 3.09. The molecule has 0 aromatic heterocycles. The Labute approximate surface area is 99.7 Å². The van der Waals surface area contributed by atoms with Crippen LogP contribution in [0.25, 0.3) is 0 Å². The van der Waals surface area contributed by atoms with E-state index in [0.29, 0.717) is 0 Å². The molecule has 2 nitrogen and oxygen atoms in total. The first-order valence-corrected chi connectivity index (χ1v) is 5.97. The van der Waals surface area contributed by atoms with Crippen LogP contribution in [0, 0.1) is 0 Å². The lowest BCUT2D eigenvalue weighted by molar-refractivity contribution is 0.428. The molecule has 0 aliphatic heterocycles. The molecular formula is C14H24N2. The van der Waals surface area contributed by atoms with Crippen molar-refractivity contribution in [1.29, 1.82) is 0 Å². The van der Waals surface area contributed by atoms with E-state index in [0.717, 1.165) is 13.0 Å². The molecule has 0 spiro atoms. The van der Waals surface area contributed by atoms with Gasteiger partial charge in [0.05, 0.1) is 0 Å². The van der Waals surface area contributed by atoms with E-state index in [4.69, 9.17) is 0 Å². The molecule has 0 atom stereocenters. The minimum absolute atomic E-state index is 0.137. The molecule has 1 N–H and O–H groups in total. The first-order valence-electron chi connectivity index (χ1n) is 5.97. The molecule has 1 rings (SSSR count). The molecule has 0 aliphatic carbocycles. The van der Waals surface area contributed by atoms with Crippen molar-refractivity contribution in [1.82, 2.24) is 5.32 Å². The van der Waals surface area contributed by atoms with Crippen molar-refractivity contribution in [2.24, 2.45) is 0 Å². The fourth-order valence-electron chi connectivity index (χ4n) is 1.75. The van der Waals surface area contributed by atoms with Crippen LogP contribution in [0.3, 0.4) is 0 Å². The highest BCUT2D eigenvalue weighted by atomic mass is 15.1. The molecule has 0 saturated carbocycles. The molecule has 0 heterocycles. The van der Waals surface area contributed by atoms with Crippen LogP contribution in [0.15, 0.2) is 24.3 Å². The van der Waals surface area contributed by atoms with Crippen molar-refractivity contribution in [3.63, 3.8) is 0 Å². The third-order valence-corrected chi connectivity index (χ3v) is 3.09. The number of hydrogen-bond donors (Lipinski definition) is 1. The second kappa shape index (κ2) is 5.35. The average Bonchev–Trinajstić information content (AvgIpc) is 2.28. The largest absolute Gasteiger partial charge is 0.373 e. The summed E-state index contributed by atoms with van der Waals surface area (Å²) in [6.45, 7) is 7.60. The Kier molecular flexibility index (Phi) is 4.36. The lowest BCUT2D eigenvalue weighted by atomic mass is 10.0. The average molecular weight is 220 g/mol. The van der Waals surface area contributed by atoms with E-state index in [1.54, 1.807) is 0 Å². The van der Waals surface area contributed by atoms with Crippen molar-refractivity contribution in [3.8, 4) is 0 Å². The van der Waals surface area contributed by atoms with Gasteiger partial charge in [0.2, 0.25) is 0 Å². The van der Waals surface area contributed by atoms with E-state index in [1.807, 2.05) is 7.05 Å². The molecule has 0 unspecified atom stereocenters. The molecule has 0 amide bonds. The summed E-state index contributed by atoms with van der Waals surface area (Å²) in [7, 11) is 4.15. The van der Waals surface area contributed by atoms with Crippen molar-refractivity contribution in [3.05, 3.63) is 29.8 Å². The fourth-order valence-corrected chi connectivity index (χ4v) is 1.75. The predicted octanol–water partition coefficient (Wildman–Crippen LogP) is 2.68. The van der Waals surface area contributed by atoms with Crippen molar-refractivity contribution < 1.29 is 0 Å². The van der Waals surface area contributed by atoms with Gasteiger partial charge in [-0.2, -0.15) is 0 Å². The lowest BCUT2D eigenvalue weighted by Gasteiger charge is -2.31. The maximum absolute atomic E-state index is 3.32. The van der Waals surface area contributed by atoms with Crippen molar-refractivity contribution in [2.45, 2.75) is 32.7 Å². The number of nitrogens with one attached hydrogen (secondary N) is 1. The summed E-state index contributed by atoms with van der Waals surface area (Å²) >= 11 is 0. The SMILES string of the molecule is CCc1ccc(N(C)CC(C)(C)NC)cc1. The zero-order valence-corrected chi connectivity index (χ0v) is 11.2. The van der Waals surface area contributed by atoms with Gasteiger partial charge >= 0.3 is 0 Å². The van der Waals surface area contributed by atoms with Gasteiger partial charge in [-0.05, 0) is 45.0 Å². The summed E-state index contributed by atoms with van der Waals surface area (Å²) in [6.07, 6.45) is 1.10. The molecule has 0 fully saturated rings. The van der Waals surface area contributed by atoms with E-state index in [2.05, 4.69) is 62.3 Å². The Bertz CT molecular complexity index is 314. The summed E-state index contributed by atoms with van der Waals surface area (Å²) in [5, 5.41) is 3.32. The van der Waals surface area contributed by atoms with Gasteiger partial charge in [0.15, 0.2) is 0 Å². The van der Waals surface area contributed by atoms with Gasteiger partial charge < -0.3 is 10.2 Å². The summed E-state index contributed by atoms with van der Waals surface area (Å²) < 4.78 is 0. The summed E-state index contributed by atoms with van der Waals surface area (Å²) in [5.74, 6) is 0. The molecule has 16 heavy (non-hydrogen) atoms. The van der Waals surface area contributed by atoms with Crippen molar-refractivity contribution in [2.75, 3.05) is 25.5 Å². The number of anilines is 1. The number of hydrogen-bond acceptors (Lipinski definition) is 2. The fraction of sp³-hybridized carbons (Fsp3) is 0.571. The van der Waals surface area contributed by atoms with Crippen LogP contribution in [-0.4, -0.2) is 26.2 Å². The zero-order valence-electron chi connectivity index (χ0n) is 11.2. The van der Waals surface area contributed by atoms with Crippen LogP contribution >= 0.6 is 0 Å². The molecule has 1 aromatic rings. The molecule has 0 aliphatic rings. The van der Waals surface area contributed by atoms with Gasteiger partial charge in [-0.1, -0.05) is 19.1 Å². The number of rotatable bonds is 5. The molecule has 0 bridgehead atoms. The number of likely N-dealkylation sites (N-methyl/N-ethyl adjacent to an activating group) is 2. The van der Waals surface area contributed by atoms with Crippen molar-refractivity contribution >= 4 is 5.69 Å².